The maximum absolute atomic E-state index is 3.64. The topological polar surface area (TPSA) is 15.3 Å². The molecule has 2 heterocycles. The fourth-order valence-corrected chi connectivity index (χ4v) is 3.78. The number of hydrogen-bond acceptors (Lipinski definition) is 2. The van der Waals surface area contributed by atoms with Crippen molar-refractivity contribution in [3.8, 4) is 0 Å². The molecule has 1 spiro atoms. The van der Waals surface area contributed by atoms with E-state index in [4.69, 9.17) is 0 Å². The predicted octanol–water partition coefficient (Wildman–Crippen LogP) is 2.92. The number of piperidine rings is 1. The standard InChI is InChI=1S/C17H26N2/c1-16(2,3)19-10-8-17(9-11-19)13-18-12-14-6-4-5-7-15(14)17/h4-7,18H,8-13H2,1-3H3. The first-order valence-corrected chi connectivity index (χ1v) is 7.55. The molecule has 2 aliphatic heterocycles. The summed E-state index contributed by atoms with van der Waals surface area (Å²) in [5.41, 5.74) is 3.82. The molecule has 0 amide bonds. The molecule has 1 saturated heterocycles. The molecule has 3 rings (SSSR count). The van der Waals surface area contributed by atoms with Crippen LogP contribution in [-0.4, -0.2) is 30.1 Å². The maximum Gasteiger partial charge on any atom is 0.0208 e. The van der Waals surface area contributed by atoms with Gasteiger partial charge in [-0.3, -0.25) is 4.90 Å². The van der Waals surface area contributed by atoms with Crippen LogP contribution < -0.4 is 5.32 Å². The van der Waals surface area contributed by atoms with Crippen LogP contribution in [0.25, 0.3) is 0 Å². The lowest BCUT2D eigenvalue weighted by atomic mass is 9.69. The first kappa shape index (κ1) is 13.1. The van der Waals surface area contributed by atoms with E-state index in [1.165, 1.54) is 31.5 Å². The maximum atomic E-state index is 3.64. The number of likely N-dealkylation sites (tertiary alicyclic amines) is 1. The minimum absolute atomic E-state index is 0.309. The van der Waals surface area contributed by atoms with Crippen molar-refractivity contribution in [3.05, 3.63) is 35.4 Å². The zero-order valence-electron chi connectivity index (χ0n) is 12.5. The van der Waals surface area contributed by atoms with Gasteiger partial charge in [0.15, 0.2) is 0 Å². The van der Waals surface area contributed by atoms with Gasteiger partial charge >= 0.3 is 0 Å². The molecular formula is C17H26N2. The Balaban J connectivity index is 1.84. The van der Waals surface area contributed by atoms with E-state index in [2.05, 4.69) is 55.3 Å². The third-order valence-electron chi connectivity index (χ3n) is 5.04. The Hall–Kier alpha value is -0.860. The molecule has 0 aliphatic carbocycles. The molecule has 0 unspecified atom stereocenters. The van der Waals surface area contributed by atoms with Gasteiger partial charge < -0.3 is 5.32 Å². The Bertz CT molecular complexity index is 451. The molecule has 2 heteroatoms. The fraction of sp³-hybridized carbons (Fsp3) is 0.647. The first-order valence-electron chi connectivity index (χ1n) is 7.55. The summed E-state index contributed by atoms with van der Waals surface area (Å²) in [7, 11) is 0. The highest BCUT2D eigenvalue weighted by Gasteiger charge is 2.40. The SMILES string of the molecule is CC(C)(C)N1CCC2(CC1)CNCc1ccccc12. The zero-order chi connectivity index (χ0) is 13.5. The van der Waals surface area contributed by atoms with Crippen LogP contribution in [0.4, 0.5) is 0 Å². The highest BCUT2D eigenvalue weighted by Crippen LogP contribution is 2.40. The Morgan fingerprint density at radius 1 is 1.11 bits per heavy atom. The van der Waals surface area contributed by atoms with Gasteiger partial charge in [0.2, 0.25) is 0 Å². The van der Waals surface area contributed by atoms with Crippen LogP contribution in [0.5, 0.6) is 0 Å². The molecule has 1 aromatic rings. The molecule has 0 radical (unpaired) electrons. The molecule has 1 aromatic carbocycles. The average molecular weight is 258 g/mol. The highest BCUT2D eigenvalue weighted by molar-refractivity contribution is 5.37. The van der Waals surface area contributed by atoms with Crippen molar-refractivity contribution in [2.75, 3.05) is 19.6 Å². The number of fused-ring (bicyclic) bond motifs is 2. The Morgan fingerprint density at radius 2 is 1.79 bits per heavy atom. The Morgan fingerprint density at radius 3 is 2.47 bits per heavy atom. The molecule has 0 saturated carbocycles. The van der Waals surface area contributed by atoms with Crippen molar-refractivity contribution in [2.45, 2.75) is 51.1 Å². The molecule has 1 N–H and O–H groups in total. The molecule has 1 fully saturated rings. The molecule has 0 aromatic heterocycles. The second-order valence-electron chi connectivity index (χ2n) is 7.20. The quantitative estimate of drug-likeness (QED) is 0.770. The van der Waals surface area contributed by atoms with E-state index in [0.29, 0.717) is 11.0 Å². The van der Waals surface area contributed by atoms with Gasteiger partial charge in [-0.15, -0.1) is 0 Å². The predicted molar refractivity (Wildman–Crippen MR) is 80.4 cm³/mol. The number of benzene rings is 1. The van der Waals surface area contributed by atoms with Crippen molar-refractivity contribution in [3.63, 3.8) is 0 Å². The second-order valence-corrected chi connectivity index (χ2v) is 7.20. The Labute approximate surface area is 117 Å². The van der Waals surface area contributed by atoms with Gasteiger partial charge in [0.05, 0.1) is 0 Å². The van der Waals surface area contributed by atoms with Crippen molar-refractivity contribution < 1.29 is 0 Å². The van der Waals surface area contributed by atoms with E-state index in [-0.39, 0.29) is 0 Å². The van der Waals surface area contributed by atoms with E-state index in [1.54, 1.807) is 5.56 Å². The summed E-state index contributed by atoms with van der Waals surface area (Å²) in [6.07, 6.45) is 2.57. The third kappa shape index (κ3) is 2.32. The van der Waals surface area contributed by atoms with Crippen LogP contribution >= 0.6 is 0 Å². The lowest BCUT2D eigenvalue weighted by molar-refractivity contribution is 0.0711. The monoisotopic (exact) mass is 258 g/mol. The van der Waals surface area contributed by atoms with Gasteiger partial charge in [0.25, 0.3) is 0 Å². The molecule has 0 bridgehead atoms. The summed E-state index contributed by atoms with van der Waals surface area (Å²) in [6, 6.07) is 9.04. The number of rotatable bonds is 0. The van der Waals surface area contributed by atoms with Crippen molar-refractivity contribution in [1.82, 2.24) is 10.2 Å². The number of nitrogens with one attached hydrogen (secondary N) is 1. The number of hydrogen-bond donors (Lipinski definition) is 1. The van der Waals surface area contributed by atoms with Gasteiger partial charge in [-0.1, -0.05) is 24.3 Å². The fourth-order valence-electron chi connectivity index (χ4n) is 3.78. The molecular weight excluding hydrogens is 232 g/mol. The van der Waals surface area contributed by atoms with Gasteiger partial charge in [-0.2, -0.15) is 0 Å². The summed E-state index contributed by atoms with van der Waals surface area (Å²) < 4.78 is 0. The summed E-state index contributed by atoms with van der Waals surface area (Å²) in [4.78, 5) is 2.63. The minimum Gasteiger partial charge on any atom is -0.312 e. The van der Waals surface area contributed by atoms with Crippen LogP contribution in [0.15, 0.2) is 24.3 Å². The lowest BCUT2D eigenvalue weighted by Gasteiger charge is -2.49. The van der Waals surface area contributed by atoms with E-state index in [1.807, 2.05) is 0 Å². The highest BCUT2D eigenvalue weighted by atomic mass is 15.2. The van der Waals surface area contributed by atoms with Crippen LogP contribution in [-0.2, 0) is 12.0 Å². The zero-order valence-corrected chi connectivity index (χ0v) is 12.5. The van der Waals surface area contributed by atoms with Crippen LogP contribution in [0.2, 0.25) is 0 Å². The summed E-state index contributed by atoms with van der Waals surface area (Å²) in [5.74, 6) is 0. The largest absolute Gasteiger partial charge is 0.312 e. The first-order chi connectivity index (χ1) is 9.01. The normalized spacial score (nSPS) is 23.3. The number of nitrogens with zero attached hydrogens (tertiary/aromatic N) is 1. The third-order valence-corrected chi connectivity index (χ3v) is 5.04. The van der Waals surface area contributed by atoms with Crippen LogP contribution in [0.3, 0.4) is 0 Å². The molecule has 19 heavy (non-hydrogen) atoms. The van der Waals surface area contributed by atoms with Crippen molar-refractivity contribution in [2.24, 2.45) is 0 Å². The van der Waals surface area contributed by atoms with E-state index >= 15 is 0 Å². The minimum atomic E-state index is 0.309. The van der Waals surface area contributed by atoms with Gasteiger partial charge in [0, 0.05) is 24.0 Å². The molecule has 2 aliphatic rings. The summed E-state index contributed by atoms with van der Waals surface area (Å²) in [6.45, 7) is 11.6. The van der Waals surface area contributed by atoms with Gasteiger partial charge in [-0.05, 0) is 57.8 Å². The summed E-state index contributed by atoms with van der Waals surface area (Å²) in [5, 5.41) is 3.64. The lowest BCUT2D eigenvalue weighted by Crippen LogP contribution is -2.54. The van der Waals surface area contributed by atoms with E-state index in [9.17, 15) is 0 Å². The van der Waals surface area contributed by atoms with Crippen molar-refractivity contribution >= 4 is 0 Å². The second kappa shape index (κ2) is 4.60. The van der Waals surface area contributed by atoms with Crippen LogP contribution in [0, 0.1) is 0 Å². The van der Waals surface area contributed by atoms with Gasteiger partial charge in [-0.25, -0.2) is 0 Å². The van der Waals surface area contributed by atoms with Crippen LogP contribution in [0.1, 0.15) is 44.7 Å². The molecule has 104 valence electrons. The molecule has 2 nitrogen and oxygen atoms in total. The molecule has 0 atom stereocenters. The van der Waals surface area contributed by atoms with E-state index < -0.39 is 0 Å². The smallest absolute Gasteiger partial charge is 0.0208 e. The average Bonchev–Trinajstić information content (AvgIpc) is 2.39. The van der Waals surface area contributed by atoms with Gasteiger partial charge in [0.1, 0.15) is 0 Å². The van der Waals surface area contributed by atoms with E-state index in [0.717, 1.165) is 13.1 Å². The summed E-state index contributed by atoms with van der Waals surface area (Å²) >= 11 is 0. The van der Waals surface area contributed by atoms with Crippen molar-refractivity contribution in [1.29, 1.82) is 0 Å². The Kier molecular flexibility index (Phi) is 3.18.